The number of ether oxygens (including phenoxy) is 1. The summed E-state index contributed by atoms with van der Waals surface area (Å²) in [6, 6.07) is 5.39. The van der Waals surface area contributed by atoms with Crippen molar-refractivity contribution in [3.05, 3.63) is 48.4 Å². The second kappa shape index (κ2) is 12.5. The third kappa shape index (κ3) is 6.67. The predicted octanol–water partition coefficient (Wildman–Crippen LogP) is 3.28. The molecule has 14 heteroatoms. The molecule has 0 bridgehead atoms. The Labute approximate surface area is 267 Å². The summed E-state index contributed by atoms with van der Waals surface area (Å²) >= 11 is 0. The molecule has 3 aliphatic carbocycles. The highest BCUT2D eigenvalue weighted by Gasteiger charge is 2.62. The van der Waals surface area contributed by atoms with Gasteiger partial charge in [-0.3, -0.25) is 24.4 Å². The van der Waals surface area contributed by atoms with Crippen molar-refractivity contribution in [1.82, 2.24) is 19.9 Å². The minimum Gasteiger partial charge on any atom is -0.446 e. The van der Waals surface area contributed by atoms with Crippen LogP contribution in [0.2, 0.25) is 0 Å². The first-order valence-corrected chi connectivity index (χ1v) is 17.3. The number of benzene rings is 1. The highest BCUT2D eigenvalue weighted by Crippen LogP contribution is 2.47. The smallest absolute Gasteiger partial charge is 0.411 e. The highest BCUT2D eigenvalue weighted by atomic mass is 32.2. The number of amides is 4. The van der Waals surface area contributed by atoms with E-state index in [1.165, 1.54) is 12.5 Å². The molecular formula is C32H39N5O8S. The molecule has 5 atom stereocenters. The summed E-state index contributed by atoms with van der Waals surface area (Å²) in [5.41, 5.74) is 0.442. The second-order valence-corrected chi connectivity index (χ2v) is 14.8. The number of anilines is 1. The maximum absolute atomic E-state index is 13.9. The summed E-state index contributed by atoms with van der Waals surface area (Å²) in [6.07, 6.45) is 8.90. The van der Waals surface area contributed by atoms with Gasteiger partial charge < -0.3 is 19.4 Å². The summed E-state index contributed by atoms with van der Waals surface area (Å²) in [7, 11) is -2.15. The molecule has 13 nitrogen and oxygen atoms in total. The number of hydrogen-bond acceptors (Lipinski definition) is 9. The quantitative estimate of drug-likeness (QED) is 0.395. The molecule has 1 aromatic heterocycles. The molecule has 2 heterocycles. The Morgan fingerprint density at radius 1 is 1.15 bits per heavy atom. The number of carbonyl (C=O) groups is 4. The molecule has 3 saturated carbocycles. The van der Waals surface area contributed by atoms with Crippen molar-refractivity contribution < 1.29 is 36.7 Å². The van der Waals surface area contributed by atoms with Crippen molar-refractivity contribution in [3.8, 4) is 11.5 Å². The van der Waals surface area contributed by atoms with Gasteiger partial charge in [-0.2, -0.15) is 0 Å². The minimum absolute atomic E-state index is 0.0580. The molecule has 3 N–H and O–H groups in total. The molecule has 4 amide bonds. The van der Waals surface area contributed by atoms with Gasteiger partial charge in [0.1, 0.15) is 17.9 Å². The number of rotatable bonds is 6. The van der Waals surface area contributed by atoms with Gasteiger partial charge in [-0.1, -0.05) is 18.2 Å². The molecule has 2 aromatic rings. The Morgan fingerprint density at radius 3 is 2.67 bits per heavy atom. The van der Waals surface area contributed by atoms with Gasteiger partial charge in [-0.15, -0.1) is 0 Å². The normalized spacial score (nSPS) is 29.0. The van der Waals surface area contributed by atoms with E-state index in [-0.39, 0.29) is 31.1 Å². The monoisotopic (exact) mass is 653 g/mol. The molecule has 246 valence electrons. The lowest BCUT2D eigenvalue weighted by Crippen LogP contribution is -2.54. The molecule has 5 unspecified atom stereocenters. The second-order valence-electron chi connectivity index (χ2n) is 12.9. The maximum atomic E-state index is 13.9. The van der Waals surface area contributed by atoms with Gasteiger partial charge in [0, 0.05) is 19.5 Å². The first-order valence-electron chi connectivity index (χ1n) is 15.7. The van der Waals surface area contributed by atoms with Gasteiger partial charge in [-0.25, -0.2) is 18.2 Å². The summed E-state index contributed by atoms with van der Waals surface area (Å²) < 4.78 is 38.6. The zero-order valence-corrected chi connectivity index (χ0v) is 26.7. The molecule has 3 fully saturated rings. The Bertz CT molecular complexity index is 1650. The van der Waals surface area contributed by atoms with Gasteiger partial charge in [0.2, 0.25) is 27.7 Å². The van der Waals surface area contributed by atoms with Crippen LogP contribution in [0.4, 0.5) is 10.5 Å². The molecular weight excluding hydrogens is 614 g/mol. The van der Waals surface area contributed by atoms with E-state index in [0.29, 0.717) is 36.5 Å². The van der Waals surface area contributed by atoms with E-state index in [1.807, 2.05) is 25.1 Å². The Kier molecular flexibility index (Phi) is 8.66. The van der Waals surface area contributed by atoms with Crippen molar-refractivity contribution in [1.29, 1.82) is 0 Å². The molecule has 4 aliphatic rings. The molecule has 0 spiro atoms. The standard InChI is InChI=1S/C32H39N5O8S/c1-19-8-11-23(28-33-12-14-44-28)26(15-19)34-31(41)45-21-16-24-25(17-21)29(39)37(2)13-6-4-3-5-7-20-18-32(20,35-27(24)38)30(40)36-46(42,43)22-9-10-22/h5,7-8,11-12,14-15,20-22,24-25H,3-4,6,9-10,13,16-18H2,1-2H3,(H,34,41)(H,35,38)(H,36,40)/b7-5+. The average molecular weight is 654 g/mol. The van der Waals surface area contributed by atoms with Crippen LogP contribution < -0.4 is 15.4 Å². The van der Waals surface area contributed by atoms with Crippen LogP contribution in [0.5, 0.6) is 0 Å². The average Bonchev–Trinajstić information content (AvgIpc) is 3.87. The van der Waals surface area contributed by atoms with Gasteiger partial charge in [0.25, 0.3) is 5.91 Å². The van der Waals surface area contributed by atoms with E-state index in [0.717, 1.165) is 24.8 Å². The van der Waals surface area contributed by atoms with E-state index < -0.39 is 56.7 Å². The van der Waals surface area contributed by atoms with Gasteiger partial charge in [-0.05, 0) is 76.0 Å². The van der Waals surface area contributed by atoms with Gasteiger partial charge >= 0.3 is 6.09 Å². The van der Waals surface area contributed by atoms with Gasteiger partial charge in [0.15, 0.2) is 0 Å². The first kappa shape index (κ1) is 31.8. The third-order valence-corrected chi connectivity index (χ3v) is 11.2. The number of carbonyl (C=O) groups excluding carboxylic acids is 4. The van der Waals surface area contributed by atoms with Crippen LogP contribution in [0.15, 0.2) is 47.2 Å². The van der Waals surface area contributed by atoms with Crippen LogP contribution in [0.25, 0.3) is 11.5 Å². The number of allylic oxidation sites excluding steroid dienone is 1. The molecule has 46 heavy (non-hydrogen) atoms. The van der Waals surface area contributed by atoms with Gasteiger partial charge in [0.05, 0.1) is 34.5 Å². The summed E-state index contributed by atoms with van der Waals surface area (Å²) in [4.78, 5) is 59.9. The van der Waals surface area contributed by atoms with E-state index in [4.69, 9.17) is 9.15 Å². The van der Waals surface area contributed by atoms with Crippen LogP contribution in [-0.2, 0) is 29.1 Å². The lowest BCUT2D eigenvalue weighted by Gasteiger charge is -2.26. The Hall–Kier alpha value is -4.20. The van der Waals surface area contributed by atoms with Crippen molar-refractivity contribution >= 4 is 39.5 Å². The Morgan fingerprint density at radius 2 is 1.93 bits per heavy atom. The van der Waals surface area contributed by atoms with E-state index in [1.54, 1.807) is 24.1 Å². The van der Waals surface area contributed by atoms with Crippen LogP contribution in [0.1, 0.15) is 56.9 Å². The van der Waals surface area contributed by atoms with Crippen LogP contribution >= 0.6 is 0 Å². The molecule has 0 saturated heterocycles. The zero-order valence-electron chi connectivity index (χ0n) is 25.9. The maximum Gasteiger partial charge on any atom is 0.411 e. The fraction of sp³-hybridized carbons (Fsp3) is 0.531. The topological polar surface area (TPSA) is 177 Å². The molecule has 6 rings (SSSR count). The number of nitrogens with one attached hydrogen (secondary N) is 3. The van der Waals surface area contributed by atoms with Crippen molar-refractivity contribution in [2.45, 2.75) is 75.2 Å². The van der Waals surface area contributed by atoms with Crippen molar-refractivity contribution in [2.24, 2.45) is 17.8 Å². The number of nitrogens with zero attached hydrogens (tertiary/aromatic N) is 2. The molecule has 1 aliphatic heterocycles. The molecule has 0 radical (unpaired) electrons. The van der Waals surface area contributed by atoms with Crippen LogP contribution in [0, 0.1) is 24.7 Å². The number of aryl methyl sites for hydroxylation is 1. The van der Waals surface area contributed by atoms with Crippen LogP contribution in [0.3, 0.4) is 0 Å². The third-order valence-electron chi connectivity index (χ3n) is 9.34. The van der Waals surface area contributed by atoms with E-state index in [2.05, 4.69) is 20.3 Å². The lowest BCUT2D eigenvalue weighted by molar-refractivity contribution is -0.140. The SMILES string of the molecule is Cc1ccc(-c2ncco2)c(NC(=O)OC2CC3C(=O)NC4(C(=O)NS(=O)(=O)C5CC5)CC4/C=C/CCCCN(C)C(=O)C3C2)c1. The predicted molar refractivity (Wildman–Crippen MR) is 166 cm³/mol. The number of aromatic nitrogens is 1. The number of sulfonamides is 1. The zero-order chi connectivity index (χ0) is 32.6. The summed E-state index contributed by atoms with van der Waals surface area (Å²) in [5, 5.41) is 4.99. The fourth-order valence-electron chi connectivity index (χ4n) is 6.49. The number of oxazole rings is 1. The summed E-state index contributed by atoms with van der Waals surface area (Å²) in [5.74, 6) is -3.30. The lowest BCUT2D eigenvalue weighted by atomic mass is 9.93. The van der Waals surface area contributed by atoms with Crippen molar-refractivity contribution in [3.63, 3.8) is 0 Å². The highest BCUT2D eigenvalue weighted by molar-refractivity contribution is 7.91. The molecule has 1 aromatic carbocycles. The van der Waals surface area contributed by atoms with Crippen molar-refractivity contribution in [2.75, 3.05) is 18.9 Å². The van der Waals surface area contributed by atoms with E-state index >= 15 is 0 Å². The largest absolute Gasteiger partial charge is 0.446 e. The van der Waals surface area contributed by atoms with E-state index in [9.17, 15) is 27.6 Å². The number of hydrogen-bond donors (Lipinski definition) is 3. The number of fused-ring (bicyclic) bond motifs is 2. The minimum atomic E-state index is -3.84. The Balaban J connectivity index is 1.20. The first-order chi connectivity index (χ1) is 22.0. The fourth-order valence-corrected chi connectivity index (χ4v) is 7.85. The van der Waals surface area contributed by atoms with Crippen LogP contribution in [-0.4, -0.2) is 72.6 Å². The summed E-state index contributed by atoms with van der Waals surface area (Å²) in [6.45, 7) is 2.38.